The van der Waals surface area contributed by atoms with Gasteiger partial charge in [-0.1, -0.05) is 13.0 Å². The Morgan fingerprint density at radius 2 is 2.29 bits per heavy atom. The van der Waals surface area contributed by atoms with E-state index in [1.165, 1.54) is 0 Å². The molecule has 1 aromatic rings. The van der Waals surface area contributed by atoms with E-state index in [1.807, 2.05) is 19.1 Å². The first-order valence-corrected chi connectivity index (χ1v) is 5.61. The number of carbonyl (C=O) groups is 1. The minimum absolute atomic E-state index is 0.199. The Labute approximate surface area is 98.8 Å². The Hall–Kier alpha value is -1.97. The summed E-state index contributed by atoms with van der Waals surface area (Å²) in [6, 6.07) is 3.47. The van der Waals surface area contributed by atoms with Crippen molar-refractivity contribution in [2.75, 3.05) is 6.79 Å². The molecule has 2 heterocycles. The van der Waals surface area contributed by atoms with Crippen LogP contribution in [0.4, 0.5) is 0 Å². The number of esters is 1. The molecule has 0 saturated heterocycles. The summed E-state index contributed by atoms with van der Waals surface area (Å²) in [7, 11) is 0. The van der Waals surface area contributed by atoms with Crippen molar-refractivity contribution in [1.82, 2.24) is 0 Å². The van der Waals surface area contributed by atoms with Crippen molar-refractivity contribution >= 4 is 5.97 Å². The van der Waals surface area contributed by atoms with Gasteiger partial charge in [0.05, 0.1) is 11.1 Å². The summed E-state index contributed by atoms with van der Waals surface area (Å²) in [5, 5.41) is 0. The summed E-state index contributed by atoms with van der Waals surface area (Å²) in [6.07, 6.45) is 4.40. The fourth-order valence-corrected chi connectivity index (χ4v) is 2.09. The maximum absolute atomic E-state index is 11.7. The van der Waals surface area contributed by atoms with Crippen molar-refractivity contribution in [2.45, 2.75) is 19.4 Å². The third kappa shape index (κ3) is 1.48. The molecule has 1 atom stereocenters. The zero-order valence-corrected chi connectivity index (χ0v) is 9.43. The standard InChI is InChI=1S/C13H12O4/c1-2-3-4-9-11-8(13(14)17-9)5-6-10-12(11)16-7-15-10/h3-6,9H,2,7H2,1H3. The lowest BCUT2D eigenvalue weighted by Crippen LogP contribution is -1.97. The van der Waals surface area contributed by atoms with Crippen molar-refractivity contribution in [3.8, 4) is 11.5 Å². The minimum Gasteiger partial charge on any atom is -0.454 e. The second-order valence-corrected chi connectivity index (χ2v) is 3.92. The van der Waals surface area contributed by atoms with Crippen LogP contribution in [0.15, 0.2) is 24.3 Å². The molecular weight excluding hydrogens is 220 g/mol. The van der Waals surface area contributed by atoms with E-state index in [2.05, 4.69) is 0 Å². The molecule has 4 heteroatoms. The van der Waals surface area contributed by atoms with Crippen molar-refractivity contribution in [3.63, 3.8) is 0 Å². The quantitative estimate of drug-likeness (QED) is 0.580. The van der Waals surface area contributed by atoms with Crippen LogP contribution in [0.3, 0.4) is 0 Å². The van der Waals surface area contributed by atoms with Gasteiger partial charge in [-0.15, -0.1) is 0 Å². The van der Waals surface area contributed by atoms with Gasteiger partial charge < -0.3 is 14.2 Å². The molecule has 0 aromatic heterocycles. The van der Waals surface area contributed by atoms with E-state index in [0.29, 0.717) is 17.1 Å². The monoisotopic (exact) mass is 232 g/mol. The van der Waals surface area contributed by atoms with Crippen LogP contribution in [-0.4, -0.2) is 12.8 Å². The van der Waals surface area contributed by atoms with Crippen molar-refractivity contribution in [3.05, 3.63) is 35.4 Å². The van der Waals surface area contributed by atoms with Gasteiger partial charge >= 0.3 is 5.97 Å². The highest BCUT2D eigenvalue weighted by Gasteiger charge is 2.36. The molecule has 1 aromatic carbocycles. The lowest BCUT2D eigenvalue weighted by Gasteiger charge is -2.07. The van der Waals surface area contributed by atoms with Gasteiger partial charge in [0.2, 0.25) is 6.79 Å². The molecule has 4 nitrogen and oxygen atoms in total. The number of rotatable bonds is 2. The molecule has 0 bridgehead atoms. The van der Waals surface area contributed by atoms with Gasteiger partial charge in [-0.25, -0.2) is 4.79 Å². The average molecular weight is 232 g/mol. The minimum atomic E-state index is -0.353. The Morgan fingerprint density at radius 3 is 3.12 bits per heavy atom. The summed E-state index contributed by atoms with van der Waals surface area (Å²) in [4.78, 5) is 11.7. The second-order valence-electron chi connectivity index (χ2n) is 3.92. The Kier molecular flexibility index (Phi) is 2.28. The zero-order chi connectivity index (χ0) is 11.8. The molecule has 2 aliphatic rings. The van der Waals surface area contributed by atoms with Crippen LogP contribution in [0.5, 0.6) is 11.5 Å². The average Bonchev–Trinajstić information content (AvgIpc) is 2.91. The van der Waals surface area contributed by atoms with Gasteiger partial charge in [-0.05, 0) is 24.6 Å². The smallest absolute Gasteiger partial charge is 0.339 e. The largest absolute Gasteiger partial charge is 0.454 e. The summed E-state index contributed by atoms with van der Waals surface area (Å²) in [6.45, 7) is 2.23. The van der Waals surface area contributed by atoms with Gasteiger partial charge in [0.25, 0.3) is 0 Å². The summed E-state index contributed by atoms with van der Waals surface area (Å²) >= 11 is 0. The lowest BCUT2D eigenvalue weighted by molar-refractivity contribution is 0.0465. The molecule has 0 N–H and O–H groups in total. The van der Waals surface area contributed by atoms with Crippen molar-refractivity contribution in [2.24, 2.45) is 0 Å². The van der Waals surface area contributed by atoms with Gasteiger partial charge in [0, 0.05) is 0 Å². The predicted octanol–water partition coefficient (Wildman–Crippen LogP) is 2.59. The Balaban J connectivity index is 2.10. The Bertz CT molecular complexity index is 504. The molecular formula is C13H12O4. The van der Waals surface area contributed by atoms with Crippen LogP contribution in [-0.2, 0) is 4.74 Å². The SMILES string of the molecule is CCC=CC1OC(=O)c2ccc3c(c21)OCO3. The summed E-state index contributed by atoms with van der Waals surface area (Å²) in [5.74, 6) is 1.01. The summed E-state index contributed by atoms with van der Waals surface area (Å²) < 4.78 is 16.0. The highest BCUT2D eigenvalue weighted by Crippen LogP contribution is 2.45. The van der Waals surface area contributed by atoms with Crippen molar-refractivity contribution < 1.29 is 19.0 Å². The fourth-order valence-electron chi connectivity index (χ4n) is 2.09. The normalized spacial score (nSPS) is 20.8. The molecule has 0 amide bonds. The first-order chi connectivity index (χ1) is 8.31. The number of allylic oxidation sites excluding steroid dienone is 1. The van der Waals surface area contributed by atoms with Crippen LogP contribution < -0.4 is 9.47 Å². The molecule has 17 heavy (non-hydrogen) atoms. The van der Waals surface area contributed by atoms with E-state index >= 15 is 0 Å². The topological polar surface area (TPSA) is 44.8 Å². The number of fused-ring (bicyclic) bond motifs is 3. The number of hydrogen-bond acceptors (Lipinski definition) is 4. The maximum atomic E-state index is 11.7. The van der Waals surface area contributed by atoms with Crippen LogP contribution in [0, 0.1) is 0 Å². The molecule has 3 rings (SSSR count). The van der Waals surface area contributed by atoms with E-state index in [0.717, 1.165) is 12.0 Å². The summed E-state index contributed by atoms with van der Waals surface area (Å²) in [5.41, 5.74) is 1.36. The molecule has 0 saturated carbocycles. The van der Waals surface area contributed by atoms with E-state index in [-0.39, 0.29) is 18.9 Å². The van der Waals surface area contributed by atoms with Crippen LogP contribution in [0.2, 0.25) is 0 Å². The maximum Gasteiger partial charge on any atom is 0.339 e. The number of benzene rings is 1. The molecule has 2 aliphatic heterocycles. The fraction of sp³-hybridized carbons (Fsp3) is 0.308. The molecule has 0 fully saturated rings. The van der Waals surface area contributed by atoms with Gasteiger partial charge in [-0.2, -0.15) is 0 Å². The molecule has 1 unspecified atom stereocenters. The number of carbonyl (C=O) groups excluding carboxylic acids is 1. The highest BCUT2D eigenvalue weighted by molar-refractivity contribution is 5.96. The molecule has 0 spiro atoms. The number of ether oxygens (including phenoxy) is 3. The van der Waals surface area contributed by atoms with E-state index in [1.54, 1.807) is 12.1 Å². The van der Waals surface area contributed by atoms with Crippen LogP contribution >= 0.6 is 0 Å². The number of hydrogen-bond donors (Lipinski definition) is 0. The van der Waals surface area contributed by atoms with Crippen LogP contribution in [0.1, 0.15) is 35.4 Å². The second kappa shape index (κ2) is 3.80. The first kappa shape index (κ1) is 10.2. The Morgan fingerprint density at radius 1 is 1.41 bits per heavy atom. The van der Waals surface area contributed by atoms with E-state index < -0.39 is 0 Å². The predicted molar refractivity (Wildman–Crippen MR) is 60.2 cm³/mol. The zero-order valence-electron chi connectivity index (χ0n) is 9.43. The molecule has 88 valence electrons. The van der Waals surface area contributed by atoms with Gasteiger partial charge in [0.15, 0.2) is 11.5 Å². The highest BCUT2D eigenvalue weighted by atomic mass is 16.7. The molecule has 0 aliphatic carbocycles. The van der Waals surface area contributed by atoms with Crippen molar-refractivity contribution in [1.29, 1.82) is 0 Å². The third-order valence-corrected chi connectivity index (χ3v) is 2.86. The molecule has 0 radical (unpaired) electrons. The third-order valence-electron chi connectivity index (χ3n) is 2.86. The van der Waals surface area contributed by atoms with E-state index in [9.17, 15) is 4.79 Å². The van der Waals surface area contributed by atoms with E-state index in [4.69, 9.17) is 14.2 Å². The van der Waals surface area contributed by atoms with Gasteiger partial charge in [-0.3, -0.25) is 0 Å². The lowest BCUT2D eigenvalue weighted by atomic mass is 10.0. The number of cyclic esters (lactones) is 1. The van der Waals surface area contributed by atoms with Crippen LogP contribution in [0.25, 0.3) is 0 Å². The first-order valence-electron chi connectivity index (χ1n) is 5.61. The van der Waals surface area contributed by atoms with Gasteiger partial charge in [0.1, 0.15) is 6.10 Å².